The van der Waals surface area contributed by atoms with Crippen molar-refractivity contribution in [2.24, 2.45) is 0 Å². The zero-order valence-corrected chi connectivity index (χ0v) is 26.8. The molecule has 1 amide bonds. The van der Waals surface area contributed by atoms with Gasteiger partial charge in [-0.1, -0.05) is 37.6 Å². The van der Waals surface area contributed by atoms with E-state index in [0.717, 1.165) is 17.4 Å². The summed E-state index contributed by atoms with van der Waals surface area (Å²) in [6.45, 7) is 5.06. The number of nitriles is 1. The van der Waals surface area contributed by atoms with Gasteiger partial charge < -0.3 is 19.5 Å². The van der Waals surface area contributed by atoms with Crippen molar-refractivity contribution in [2.45, 2.75) is 44.6 Å². The van der Waals surface area contributed by atoms with E-state index in [1.165, 1.54) is 4.90 Å². The highest BCUT2D eigenvalue weighted by atomic mass is 35.5. The molecule has 2 heterocycles. The quantitative estimate of drug-likeness (QED) is 0.244. The molecule has 0 unspecified atom stereocenters. The number of alkyl halides is 1. The first kappa shape index (κ1) is 33.1. The minimum absolute atomic E-state index is 0.0509. The van der Waals surface area contributed by atoms with Crippen molar-refractivity contribution in [2.75, 3.05) is 36.6 Å². The highest BCUT2D eigenvalue weighted by Crippen LogP contribution is 2.38. The number of hydrogen-bond donors (Lipinski definition) is 2. The molecule has 11 nitrogen and oxygen atoms in total. The number of nitrogens with one attached hydrogen (secondary N) is 1. The Bertz CT molecular complexity index is 1650. The Morgan fingerprint density at radius 2 is 1.82 bits per heavy atom. The largest absolute Gasteiger partial charge is 0.489 e. The molecule has 0 atom stereocenters. The van der Waals surface area contributed by atoms with E-state index in [0.29, 0.717) is 59.4 Å². The Kier molecular flexibility index (Phi) is 10.4. The van der Waals surface area contributed by atoms with Gasteiger partial charge in [0.25, 0.3) is 0 Å². The van der Waals surface area contributed by atoms with Gasteiger partial charge >= 0.3 is 6.09 Å². The Hall–Kier alpha value is -3.79. The number of hydrogen-bond acceptors (Lipinski definition) is 8. The average molecular weight is 663 g/mol. The van der Waals surface area contributed by atoms with Crippen molar-refractivity contribution in [3.8, 4) is 17.6 Å². The number of likely N-dealkylation sites (tertiary alicyclic amines) is 1. The van der Waals surface area contributed by atoms with Crippen molar-refractivity contribution in [1.29, 1.82) is 5.26 Å². The van der Waals surface area contributed by atoms with Gasteiger partial charge in [0.1, 0.15) is 25.0 Å². The van der Waals surface area contributed by atoms with E-state index in [9.17, 15) is 23.6 Å². The maximum absolute atomic E-state index is 11.9. The molecule has 1 aromatic heterocycles. The monoisotopic (exact) mass is 661 g/mol. The third kappa shape index (κ3) is 8.22. The van der Waals surface area contributed by atoms with Crippen LogP contribution in [0.25, 0.3) is 0 Å². The van der Waals surface area contributed by atoms with E-state index >= 15 is 0 Å². The van der Waals surface area contributed by atoms with E-state index in [1.807, 2.05) is 38.1 Å². The van der Waals surface area contributed by atoms with Crippen LogP contribution in [0, 0.1) is 11.3 Å². The lowest BCUT2D eigenvalue weighted by atomic mass is 9.77. The summed E-state index contributed by atoms with van der Waals surface area (Å²) in [5.41, 5.74) is 2.70. The Morgan fingerprint density at radius 3 is 2.41 bits per heavy atom. The second kappa shape index (κ2) is 13.9. The zero-order valence-electron chi connectivity index (χ0n) is 24.5. The first-order chi connectivity index (χ1) is 20.8. The number of piperidine rings is 1. The summed E-state index contributed by atoms with van der Waals surface area (Å²) in [6, 6.07) is 15.0. The van der Waals surface area contributed by atoms with Crippen LogP contribution in [-0.2, 0) is 22.0 Å². The number of anilines is 1. The van der Waals surface area contributed by atoms with Gasteiger partial charge in [0.15, 0.2) is 5.75 Å². The molecule has 2 aromatic carbocycles. The second-order valence-corrected chi connectivity index (χ2v) is 13.5. The van der Waals surface area contributed by atoms with Crippen molar-refractivity contribution in [3.63, 3.8) is 0 Å². The number of nitrogens with zero attached hydrogens (tertiary/aromatic N) is 4. The van der Waals surface area contributed by atoms with Gasteiger partial charge in [0.2, 0.25) is 16.0 Å². The molecule has 0 aliphatic carbocycles. The van der Waals surface area contributed by atoms with Crippen LogP contribution < -0.4 is 14.2 Å². The fourth-order valence-corrected chi connectivity index (χ4v) is 5.77. The summed E-state index contributed by atoms with van der Waals surface area (Å²) in [5, 5.41) is 19.3. The minimum atomic E-state index is -3.62. The Balaban J connectivity index is 1.51. The molecular weight excluding hydrogens is 629 g/mol. The van der Waals surface area contributed by atoms with Crippen LogP contribution in [0.3, 0.4) is 0 Å². The molecule has 1 fully saturated rings. The first-order valence-corrected chi connectivity index (χ1v) is 16.6. The lowest BCUT2D eigenvalue weighted by Gasteiger charge is -2.29. The summed E-state index contributed by atoms with van der Waals surface area (Å²) in [5.74, 6) is 1.04. The number of rotatable bonds is 11. The van der Waals surface area contributed by atoms with Crippen molar-refractivity contribution >= 4 is 45.3 Å². The number of aromatic nitrogens is 2. The highest BCUT2D eigenvalue weighted by Gasteiger charge is 2.27. The normalized spacial score (nSPS) is 14.1. The van der Waals surface area contributed by atoms with E-state index in [-0.39, 0.29) is 31.0 Å². The molecule has 4 rings (SSSR count). The van der Waals surface area contributed by atoms with Gasteiger partial charge in [-0.05, 0) is 54.3 Å². The number of carbonyl (C=O) groups is 1. The lowest BCUT2D eigenvalue weighted by molar-refractivity contribution is 0.131. The molecule has 1 saturated heterocycles. The maximum Gasteiger partial charge on any atom is 0.407 e. The molecule has 1 aliphatic heterocycles. The number of carboxylic acid groups (broad SMARTS) is 1. The summed E-state index contributed by atoms with van der Waals surface area (Å²) in [4.78, 5) is 21.4. The molecular formula is C30H33Cl2N5O6S. The van der Waals surface area contributed by atoms with Gasteiger partial charge in [0.05, 0.1) is 28.4 Å². The lowest BCUT2D eigenvalue weighted by Crippen LogP contribution is -2.37. The third-order valence-corrected chi connectivity index (χ3v) is 8.42. The summed E-state index contributed by atoms with van der Waals surface area (Å²) in [6.07, 6.45) is 1.18. The summed E-state index contributed by atoms with van der Waals surface area (Å²) in [7, 11) is -3.62. The molecule has 3 aromatic rings. The molecule has 2 N–H and O–H groups in total. The van der Waals surface area contributed by atoms with E-state index < -0.39 is 21.5 Å². The molecule has 0 spiro atoms. The van der Waals surface area contributed by atoms with Crippen LogP contribution in [0.2, 0.25) is 5.02 Å². The summed E-state index contributed by atoms with van der Waals surface area (Å²) >= 11 is 12.2. The van der Waals surface area contributed by atoms with Crippen LogP contribution in [-0.4, -0.2) is 66.3 Å². The Morgan fingerprint density at radius 1 is 1.14 bits per heavy atom. The predicted octanol–water partition coefficient (Wildman–Crippen LogP) is 5.75. The molecule has 0 bridgehead atoms. The van der Waals surface area contributed by atoms with Crippen LogP contribution in [0.4, 0.5) is 10.7 Å². The molecule has 44 heavy (non-hydrogen) atoms. The van der Waals surface area contributed by atoms with Gasteiger partial charge in [-0.3, -0.25) is 4.72 Å². The fourth-order valence-electron chi connectivity index (χ4n) is 5.00. The van der Waals surface area contributed by atoms with Gasteiger partial charge in [-0.15, -0.1) is 11.6 Å². The number of benzene rings is 2. The van der Waals surface area contributed by atoms with Crippen molar-refractivity contribution < 1.29 is 27.8 Å². The SMILES string of the molecule is CC(C)(c1ccc(OCc2cc(C3CCN(C(=O)O)CC3)nc(NS(C)(=O)=O)n2)cc1)c1cc(Cl)c(OCCCl)c(C#N)c1. The summed E-state index contributed by atoms with van der Waals surface area (Å²) < 4.78 is 37.7. The second-order valence-electron chi connectivity index (χ2n) is 10.9. The van der Waals surface area contributed by atoms with Crippen LogP contribution in [0.5, 0.6) is 11.5 Å². The van der Waals surface area contributed by atoms with E-state index in [1.54, 1.807) is 18.2 Å². The van der Waals surface area contributed by atoms with E-state index in [4.69, 9.17) is 32.7 Å². The average Bonchev–Trinajstić information content (AvgIpc) is 2.98. The molecule has 0 saturated carbocycles. The Labute approximate surface area is 266 Å². The minimum Gasteiger partial charge on any atom is -0.489 e. The highest BCUT2D eigenvalue weighted by molar-refractivity contribution is 7.91. The van der Waals surface area contributed by atoms with Crippen molar-refractivity contribution in [3.05, 3.63) is 75.6 Å². The predicted molar refractivity (Wildman–Crippen MR) is 167 cm³/mol. The molecule has 1 aliphatic rings. The maximum atomic E-state index is 11.9. The smallest absolute Gasteiger partial charge is 0.407 e. The number of amides is 1. The van der Waals surface area contributed by atoms with Crippen LogP contribution in [0.1, 0.15) is 60.7 Å². The number of halogens is 2. The molecule has 0 radical (unpaired) electrons. The molecule has 234 valence electrons. The van der Waals surface area contributed by atoms with Gasteiger partial charge in [0, 0.05) is 30.1 Å². The molecule has 14 heteroatoms. The zero-order chi connectivity index (χ0) is 32.1. The van der Waals surface area contributed by atoms with Gasteiger partial charge in [-0.2, -0.15) is 5.26 Å². The van der Waals surface area contributed by atoms with Crippen molar-refractivity contribution in [1.82, 2.24) is 14.9 Å². The topological polar surface area (TPSA) is 155 Å². The first-order valence-electron chi connectivity index (χ1n) is 13.8. The number of ether oxygens (including phenoxy) is 2. The van der Waals surface area contributed by atoms with E-state index in [2.05, 4.69) is 20.8 Å². The van der Waals surface area contributed by atoms with Crippen LogP contribution >= 0.6 is 23.2 Å². The van der Waals surface area contributed by atoms with Gasteiger partial charge in [-0.25, -0.2) is 23.2 Å². The number of sulfonamides is 1. The fraction of sp³-hybridized carbons (Fsp3) is 0.400. The van der Waals surface area contributed by atoms with Crippen LogP contribution in [0.15, 0.2) is 42.5 Å². The standard InChI is InChI=1S/C30H33Cl2N5O6S/c1-30(2,22-14-20(17-33)27(25(32)15-22)42-13-10-31)21-4-6-24(7-5-21)43-18-23-16-26(35-28(34-23)36-44(3,40)41)19-8-11-37(12-9-19)29(38)39/h4-7,14-16,19H,8-13,18H2,1-3H3,(H,38,39)(H,34,35,36). The third-order valence-electron chi connectivity index (χ3n) is 7.43.